The smallest absolute Gasteiger partial charge is 0.245 e. The fraction of sp³-hybridized carbons (Fsp3) is 0.417. The van der Waals surface area contributed by atoms with Crippen molar-refractivity contribution in [3.05, 3.63) is 18.2 Å². The van der Waals surface area contributed by atoms with E-state index in [-0.39, 0.29) is 5.69 Å². The molecule has 0 heterocycles. The van der Waals surface area contributed by atoms with Gasteiger partial charge in [-0.1, -0.05) is 0 Å². The number of nitrogens with zero attached hydrogens (tertiary/aromatic N) is 1. The van der Waals surface area contributed by atoms with E-state index in [1.807, 2.05) is 0 Å². The standard InChI is InChI=1S/C12H16ClNO5S/c1-8(12(13)15)14(20(4,16)17)10-7-9(18-2)5-6-11(10)19-3/h5-8H,1-4H3. The fourth-order valence-electron chi connectivity index (χ4n) is 1.74. The number of halogens is 1. The number of hydrogen-bond donors (Lipinski definition) is 0. The van der Waals surface area contributed by atoms with Crippen LogP contribution in [0.1, 0.15) is 6.92 Å². The number of methoxy groups -OCH3 is 2. The van der Waals surface area contributed by atoms with Crippen LogP contribution in [0, 0.1) is 0 Å². The van der Waals surface area contributed by atoms with Crippen LogP contribution in [0.5, 0.6) is 11.5 Å². The van der Waals surface area contributed by atoms with Crippen LogP contribution in [0.25, 0.3) is 0 Å². The third-order valence-corrected chi connectivity index (χ3v) is 4.20. The van der Waals surface area contributed by atoms with Crippen molar-refractivity contribution < 1.29 is 22.7 Å². The van der Waals surface area contributed by atoms with Crippen LogP contribution in [-0.2, 0) is 14.8 Å². The van der Waals surface area contributed by atoms with Crippen molar-refractivity contribution in [1.82, 2.24) is 0 Å². The van der Waals surface area contributed by atoms with E-state index in [9.17, 15) is 13.2 Å². The van der Waals surface area contributed by atoms with Crippen LogP contribution in [0.3, 0.4) is 0 Å². The van der Waals surface area contributed by atoms with E-state index in [2.05, 4.69) is 0 Å². The number of rotatable bonds is 6. The van der Waals surface area contributed by atoms with Crippen LogP contribution in [-0.4, -0.2) is 40.2 Å². The van der Waals surface area contributed by atoms with E-state index in [1.54, 1.807) is 12.1 Å². The molecule has 0 aromatic heterocycles. The van der Waals surface area contributed by atoms with Crippen molar-refractivity contribution in [2.45, 2.75) is 13.0 Å². The Labute approximate surface area is 123 Å². The number of anilines is 1. The summed E-state index contributed by atoms with van der Waals surface area (Å²) in [5, 5.41) is -0.791. The van der Waals surface area contributed by atoms with Crippen molar-refractivity contribution in [2.24, 2.45) is 0 Å². The Bertz CT molecular complexity index is 602. The van der Waals surface area contributed by atoms with E-state index in [0.717, 1.165) is 10.6 Å². The Morgan fingerprint density at radius 1 is 1.30 bits per heavy atom. The minimum atomic E-state index is -3.73. The molecule has 20 heavy (non-hydrogen) atoms. The molecule has 112 valence electrons. The number of ether oxygens (including phenoxy) is 2. The summed E-state index contributed by atoms with van der Waals surface area (Å²) in [5.41, 5.74) is 0.191. The van der Waals surface area contributed by atoms with Crippen LogP contribution in [0.15, 0.2) is 18.2 Å². The summed E-state index contributed by atoms with van der Waals surface area (Å²) in [7, 11) is -0.875. The summed E-state index contributed by atoms with van der Waals surface area (Å²) in [5.74, 6) is 0.727. The third kappa shape index (κ3) is 3.55. The maximum Gasteiger partial charge on any atom is 0.245 e. The molecule has 1 rings (SSSR count). The van der Waals surface area contributed by atoms with Gasteiger partial charge in [-0.05, 0) is 30.7 Å². The first-order valence-electron chi connectivity index (χ1n) is 5.63. The molecule has 1 aromatic carbocycles. The largest absolute Gasteiger partial charge is 0.497 e. The average Bonchev–Trinajstić information content (AvgIpc) is 2.36. The quantitative estimate of drug-likeness (QED) is 0.744. The van der Waals surface area contributed by atoms with E-state index >= 15 is 0 Å². The van der Waals surface area contributed by atoms with Crippen LogP contribution in [0.2, 0.25) is 0 Å². The number of carbonyl (C=O) groups is 1. The third-order valence-electron chi connectivity index (χ3n) is 2.66. The molecule has 8 heteroatoms. The molecule has 1 aromatic rings. The SMILES string of the molecule is COc1ccc(OC)c(N(C(C)C(=O)Cl)S(C)(=O)=O)c1. The number of hydrogen-bond acceptors (Lipinski definition) is 5. The predicted molar refractivity (Wildman–Crippen MR) is 77.2 cm³/mol. The molecule has 0 bridgehead atoms. The number of carbonyl (C=O) groups excluding carboxylic acids is 1. The van der Waals surface area contributed by atoms with E-state index in [4.69, 9.17) is 21.1 Å². The van der Waals surface area contributed by atoms with Gasteiger partial charge in [0.2, 0.25) is 15.3 Å². The molecule has 1 atom stereocenters. The molecule has 0 saturated carbocycles. The Balaban J connectivity index is 3.51. The fourth-order valence-corrected chi connectivity index (χ4v) is 3.06. The predicted octanol–water partition coefficient (Wildman–Crippen LogP) is 1.62. The summed E-state index contributed by atoms with van der Waals surface area (Å²) in [6.45, 7) is 1.40. The zero-order valence-corrected chi connectivity index (χ0v) is 13.2. The van der Waals surface area contributed by atoms with Crippen molar-refractivity contribution >= 4 is 32.6 Å². The summed E-state index contributed by atoms with van der Waals surface area (Å²) >= 11 is 5.43. The monoisotopic (exact) mass is 321 g/mol. The molecular weight excluding hydrogens is 306 g/mol. The molecule has 0 spiro atoms. The van der Waals surface area contributed by atoms with Gasteiger partial charge < -0.3 is 9.47 Å². The molecular formula is C12H16ClNO5S. The zero-order chi connectivity index (χ0) is 15.5. The zero-order valence-electron chi connectivity index (χ0n) is 11.6. The summed E-state index contributed by atoms with van der Waals surface area (Å²) < 4.78 is 35.0. The van der Waals surface area contributed by atoms with Crippen LogP contribution < -0.4 is 13.8 Å². The first-order valence-corrected chi connectivity index (χ1v) is 7.85. The lowest BCUT2D eigenvalue weighted by atomic mass is 10.2. The van der Waals surface area contributed by atoms with Gasteiger partial charge in [0.05, 0.1) is 26.2 Å². The van der Waals surface area contributed by atoms with Gasteiger partial charge in [-0.2, -0.15) is 0 Å². The van der Waals surface area contributed by atoms with Gasteiger partial charge in [-0.25, -0.2) is 8.42 Å². The van der Waals surface area contributed by atoms with Gasteiger partial charge in [0.25, 0.3) is 0 Å². The van der Waals surface area contributed by atoms with Gasteiger partial charge >= 0.3 is 0 Å². The van der Waals surface area contributed by atoms with Gasteiger partial charge in [-0.3, -0.25) is 9.10 Å². The van der Waals surface area contributed by atoms with Gasteiger partial charge in [0.1, 0.15) is 17.5 Å². The summed E-state index contributed by atoms with van der Waals surface area (Å²) in [4.78, 5) is 11.3. The molecule has 0 amide bonds. The normalized spacial score (nSPS) is 12.7. The van der Waals surface area contributed by atoms with E-state index < -0.39 is 21.3 Å². The maximum absolute atomic E-state index is 12.0. The molecule has 0 aliphatic heterocycles. The Morgan fingerprint density at radius 2 is 1.90 bits per heavy atom. The molecule has 0 N–H and O–H groups in total. The topological polar surface area (TPSA) is 72.9 Å². The van der Waals surface area contributed by atoms with Gasteiger partial charge in [0.15, 0.2) is 0 Å². The van der Waals surface area contributed by atoms with Crippen LogP contribution >= 0.6 is 11.6 Å². The number of sulfonamides is 1. The Kier molecular flexibility index (Phi) is 5.24. The molecule has 0 saturated heterocycles. The van der Waals surface area contributed by atoms with Crippen molar-refractivity contribution in [1.29, 1.82) is 0 Å². The first kappa shape index (κ1) is 16.6. The minimum absolute atomic E-state index is 0.191. The lowest BCUT2D eigenvalue weighted by molar-refractivity contribution is -0.112. The average molecular weight is 322 g/mol. The maximum atomic E-state index is 12.0. The molecule has 0 aliphatic carbocycles. The lowest BCUT2D eigenvalue weighted by Gasteiger charge is -2.28. The molecule has 0 radical (unpaired) electrons. The molecule has 6 nitrogen and oxygen atoms in total. The Morgan fingerprint density at radius 3 is 2.30 bits per heavy atom. The summed E-state index contributed by atoms with van der Waals surface area (Å²) in [6, 6.07) is 3.58. The van der Waals surface area contributed by atoms with E-state index in [0.29, 0.717) is 11.5 Å². The first-order chi connectivity index (χ1) is 9.22. The van der Waals surface area contributed by atoms with Crippen molar-refractivity contribution in [2.75, 3.05) is 24.8 Å². The van der Waals surface area contributed by atoms with E-state index in [1.165, 1.54) is 27.2 Å². The number of benzene rings is 1. The van der Waals surface area contributed by atoms with Crippen molar-refractivity contribution in [3.63, 3.8) is 0 Å². The second-order valence-electron chi connectivity index (χ2n) is 4.08. The van der Waals surface area contributed by atoms with Gasteiger partial charge in [0, 0.05) is 6.07 Å². The lowest BCUT2D eigenvalue weighted by Crippen LogP contribution is -2.41. The second kappa shape index (κ2) is 6.32. The highest BCUT2D eigenvalue weighted by atomic mass is 35.5. The Hall–Kier alpha value is -1.47. The highest BCUT2D eigenvalue weighted by Gasteiger charge is 2.30. The van der Waals surface area contributed by atoms with Gasteiger partial charge in [-0.15, -0.1) is 0 Å². The molecule has 0 aliphatic rings. The molecule has 1 unspecified atom stereocenters. The van der Waals surface area contributed by atoms with Crippen LogP contribution in [0.4, 0.5) is 5.69 Å². The highest BCUT2D eigenvalue weighted by molar-refractivity contribution is 7.92. The summed E-state index contributed by atoms with van der Waals surface area (Å²) in [6.07, 6.45) is 0.988. The van der Waals surface area contributed by atoms with Crippen molar-refractivity contribution in [3.8, 4) is 11.5 Å². The second-order valence-corrected chi connectivity index (χ2v) is 6.31. The molecule has 0 fully saturated rings. The minimum Gasteiger partial charge on any atom is -0.497 e. The highest BCUT2D eigenvalue weighted by Crippen LogP contribution is 2.35.